The second-order valence-corrected chi connectivity index (χ2v) is 32.5. The number of nitrogens with zero attached hydrogens (tertiary/aromatic N) is 11. The highest BCUT2D eigenvalue weighted by atomic mass is 15.0. The van der Waals surface area contributed by atoms with E-state index >= 15 is 0 Å². The average Bonchev–Trinajstić information content (AvgIpc) is 2.03. The zero-order valence-corrected chi connectivity index (χ0v) is 59.3. The molecule has 2 aromatic carbocycles. The highest BCUT2D eigenvalue weighted by Gasteiger charge is 2.16. The number of hydrogen-bond donors (Lipinski definition) is 0. The van der Waals surface area contributed by atoms with Gasteiger partial charge in [-0.2, -0.15) is 0 Å². The summed E-state index contributed by atoms with van der Waals surface area (Å²) in [6, 6.07) is 33.8. The number of pyridine rings is 5. The van der Waals surface area contributed by atoms with Gasteiger partial charge < -0.3 is 8.80 Å². The van der Waals surface area contributed by atoms with Gasteiger partial charge in [-0.15, -0.1) is 0 Å². The van der Waals surface area contributed by atoms with Crippen molar-refractivity contribution in [1.82, 2.24) is 53.7 Å². The molecule has 0 spiro atoms. The molecule has 0 amide bonds. The van der Waals surface area contributed by atoms with Crippen molar-refractivity contribution in [3.63, 3.8) is 0 Å². The summed E-state index contributed by atoms with van der Waals surface area (Å²) in [5.74, 6) is 0. The molecule has 0 bridgehead atoms. The molecule has 0 aliphatic rings. The second kappa shape index (κ2) is 33.3. The lowest BCUT2D eigenvalue weighted by Gasteiger charge is -2.18. The van der Waals surface area contributed by atoms with E-state index in [9.17, 15) is 0 Å². The molecule has 9 aromatic heterocycles. The molecule has 0 aliphatic carbocycles. The van der Waals surface area contributed by atoms with Crippen LogP contribution in [0.4, 0.5) is 0 Å². The summed E-state index contributed by atoms with van der Waals surface area (Å²) in [5, 5.41) is 2.36. The summed E-state index contributed by atoms with van der Waals surface area (Å²) in [7, 11) is 0. The molecule has 0 atom stereocenters. The standard InChI is InChI=1S/C14H17N.C13H16N2.2C12H16N2.2C10H15N.C9H14N2/c1-14(2,3)10-11-6-7-13-12(9-11)5-4-8-15-13;1-13(2,3)7-10-4-5-12-11(6-10)8-14-9-15-12;1-12(2,3)9-10-4-6-14-7-5-13-11(14)8-10;1-12(2,3)8-10-4-5-11-13-6-7-14(11)9-10;2*1-10(2,3)7-9-5-4-6-11-8-9;1-9(2,3)6-8-7-10-4-5-11-8/h4-9H,10H2,1-3H3;4-6,8-9H,7H2,1-3H3;4-8H,9H2,1-3H3;4-7,9H,8H2,1-3H3;2*4-6,8H,7H2,1-3H3;4-5,7H,6H2,1-3H3. The monoisotopic (exact) mass is 1220 g/mol. The fraction of sp³-hybridized carbons (Fsp3) is 0.438. The predicted octanol–water partition coefficient (Wildman–Crippen LogP) is 20.3. The highest BCUT2D eigenvalue weighted by Crippen LogP contribution is 2.27. The lowest BCUT2D eigenvalue weighted by Crippen LogP contribution is -2.10. The van der Waals surface area contributed by atoms with Crippen molar-refractivity contribution in [2.24, 2.45) is 37.9 Å². The maximum Gasteiger partial charge on any atom is 0.136 e. The Balaban J connectivity index is 0.000000194. The van der Waals surface area contributed by atoms with Crippen LogP contribution >= 0.6 is 0 Å². The molecule has 0 N–H and O–H groups in total. The first kappa shape index (κ1) is 73.7. The van der Waals surface area contributed by atoms with Crippen LogP contribution in [0.1, 0.15) is 184 Å². The van der Waals surface area contributed by atoms with Gasteiger partial charge in [0.25, 0.3) is 0 Å². The molecule has 0 fully saturated rings. The molecule has 11 aromatic rings. The minimum Gasteiger partial charge on any atom is -0.307 e. The van der Waals surface area contributed by atoms with Crippen LogP contribution in [0, 0.1) is 37.9 Å². The minimum absolute atomic E-state index is 0.302. The molecule has 0 saturated carbocycles. The Labute approximate surface area is 547 Å². The number of fused-ring (bicyclic) bond motifs is 4. The van der Waals surface area contributed by atoms with Gasteiger partial charge in [0.2, 0.25) is 0 Å². The number of rotatable bonds is 7. The lowest BCUT2D eigenvalue weighted by atomic mass is 9.88. The van der Waals surface area contributed by atoms with Gasteiger partial charge in [0.05, 0.1) is 16.7 Å². The van der Waals surface area contributed by atoms with Crippen LogP contribution in [0.5, 0.6) is 0 Å². The van der Waals surface area contributed by atoms with Gasteiger partial charge >= 0.3 is 0 Å². The van der Waals surface area contributed by atoms with Crippen LogP contribution in [0.25, 0.3) is 33.1 Å². The first-order valence-electron chi connectivity index (χ1n) is 32.3. The normalized spacial score (nSPS) is 11.9. The molecule has 11 nitrogen and oxygen atoms in total. The lowest BCUT2D eigenvalue weighted by molar-refractivity contribution is 0.405. The van der Waals surface area contributed by atoms with E-state index in [1.54, 1.807) is 18.7 Å². The van der Waals surface area contributed by atoms with Crippen LogP contribution in [0.2, 0.25) is 0 Å². The molecule has 11 heteroatoms. The van der Waals surface area contributed by atoms with E-state index in [4.69, 9.17) is 0 Å². The summed E-state index contributed by atoms with van der Waals surface area (Å²) >= 11 is 0. The summed E-state index contributed by atoms with van der Waals surface area (Å²) in [6.45, 7) is 47.1. The van der Waals surface area contributed by atoms with E-state index in [0.29, 0.717) is 37.9 Å². The minimum atomic E-state index is 0.302. The van der Waals surface area contributed by atoms with Crippen molar-refractivity contribution in [3.8, 4) is 0 Å². The largest absolute Gasteiger partial charge is 0.307 e. The fourth-order valence-corrected chi connectivity index (χ4v) is 10.2. The summed E-state index contributed by atoms with van der Waals surface area (Å²) in [6.07, 6.45) is 37.5. The van der Waals surface area contributed by atoms with E-state index in [2.05, 4.69) is 286 Å². The molecular weight excluding hydrogens is 1110 g/mol. The summed E-state index contributed by atoms with van der Waals surface area (Å²) in [5.41, 5.74) is 15.7. The molecule has 9 heterocycles. The third kappa shape index (κ3) is 31.5. The van der Waals surface area contributed by atoms with Gasteiger partial charge in [0, 0.05) is 104 Å². The van der Waals surface area contributed by atoms with E-state index in [1.165, 1.54) is 38.8 Å². The zero-order chi connectivity index (χ0) is 67.1. The third-order valence-corrected chi connectivity index (χ3v) is 13.3. The average molecular weight is 1220 g/mol. The Kier molecular flexibility index (Phi) is 27.0. The molecular formula is C80H109N11. The van der Waals surface area contributed by atoms with Crippen molar-refractivity contribution in [2.75, 3.05) is 0 Å². The Morgan fingerprint density at radius 2 is 0.736 bits per heavy atom. The van der Waals surface area contributed by atoms with Crippen molar-refractivity contribution >= 4 is 33.1 Å². The van der Waals surface area contributed by atoms with Crippen LogP contribution in [0.15, 0.2) is 196 Å². The SMILES string of the molecule is CC(C)(C)Cc1ccc2ncccc2c1.CC(C)(C)Cc1ccc2nccn2c1.CC(C)(C)Cc1ccc2ncncc2c1.CC(C)(C)Cc1cccnc1.CC(C)(C)Cc1cccnc1.CC(C)(C)Cc1ccn2ccnc2c1.CC(C)(C)Cc1cnccn1. The molecule has 0 radical (unpaired) electrons. The van der Waals surface area contributed by atoms with Gasteiger partial charge in [-0.3, -0.25) is 24.9 Å². The summed E-state index contributed by atoms with van der Waals surface area (Å²) in [4.78, 5) is 37.4. The van der Waals surface area contributed by atoms with Crippen LogP contribution in [-0.4, -0.2) is 53.7 Å². The van der Waals surface area contributed by atoms with E-state index in [1.807, 2.05) is 90.8 Å². The molecule has 11 rings (SSSR count). The van der Waals surface area contributed by atoms with Crippen molar-refractivity contribution in [2.45, 2.75) is 190 Å². The first-order valence-corrected chi connectivity index (χ1v) is 32.3. The van der Waals surface area contributed by atoms with Gasteiger partial charge in [-0.25, -0.2) is 19.9 Å². The zero-order valence-electron chi connectivity index (χ0n) is 59.3. The fourth-order valence-electron chi connectivity index (χ4n) is 10.2. The van der Waals surface area contributed by atoms with Crippen molar-refractivity contribution in [1.29, 1.82) is 0 Å². The Morgan fingerprint density at radius 1 is 0.286 bits per heavy atom. The van der Waals surface area contributed by atoms with Crippen LogP contribution in [0.3, 0.4) is 0 Å². The van der Waals surface area contributed by atoms with Gasteiger partial charge in [-0.05, 0) is 177 Å². The van der Waals surface area contributed by atoms with E-state index < -0.39 is 0 Å². The highest BCUT2D eigenvalue weighted by molar-refractivity contribution is 5.79. The third-order valence-electron chi connectivity index (χ3n) is 13.3. The quantitative estimate of drug-likeness (QED) is 0.153. The van der Waals surface area contributed by atoms with E-state index in [-0.39, 0.29) is 0 Å². The Hall–Kier alpha value is -8.05. The van der Waals surface area contributed by atoms with Gasteiger partial charge in [0.1, 0.15) is 17.6 Å². The molecule has 91 heavy (non-hydrogen) atoms. The maximum absolute atomic E-state index is 4.32. The predicted molar refractivity (Wildman–Crippen MR) is 384 cm³/mol. The van der Waals surface area contributed by atoms with Crippen molar-refractivity contribution in [3.05, 3.63) is 235 Å². The second-order valence-electron chi connectivity index (χ2n) is 32.5. The van der Waals surface area contributed by atoms with Crippen LogP contribution in [-0.2, 0) is 44.9 Å². The number of imidazole rings is 2. The Bertz CT molecular complexity index is 3540. The van der Waals surface area contributed by atoms with Gasteiger partial charge in [-0.1, -0.05) is 182 Å². The van der Waals surface area contributed by atoms with Crippen molar-refractivity contribution < 1.29 is 0 Å². The van der Waals surface area contributed by atoms with Crippen LogP contribution < -0.4 is 0 Å². The molecule has 0 saturated heterocycles. The molecule has 484 valence electrons. The first-order chi connectivity index (χ1) is 42.4. The number of hydrogen-bond acceptors (Lipinski definition) is 9. The molecule has 0 unspecified atom stereocenters. The van der Waals surface area contributed by atoms with E-state index in [0.717, 1.165) is 78.4 Å². The Morgan fingerprint density at radius 3 is 1.24 bits per heavy atom. The number of aromatic nitrogens is 11. The number of benzene rings is 2. The summed E-state index contributed by atoms with van der Waals surface area (Å²) < 4.78 is 4.10. The molecule has 0 aliphatic heterocycles. The smallest absolute Gasteiger partial charge is 0.136 e. The maximum atomic E-state index is 4.32. The van der Waals surface area contributed by atoms with Gasteiger partial charge in [0.15, 0.2) is 0 Å². The topological polar surface area (TPSA) is 125 Å².